The molecule has 1 aliphatic carbocycles. The number of primary amides is 1. The van der Waals surface area contributed by atoms with Crippen molar-refractivity contribution in [3.8, 4) is 5.69 Å². The van der Waals surface area contributed by atoms with E-state index >= 15 is 0 Å². The Morgan fingerprint density at radius 1 is 1.25 bits per heavy atom. The Hall–Kier alpha value is -3.64. The van der Waals surface area contributed by atoms with Crippen molar-refractivity contribution >= 4 is 23.2 Å². The van der Waals surface area contributed by atoms with Gasteiger partial charge in [-0.05, 0) is 38.3 Å². The number of nitrogens with one attached hydrogen (secondary N) is 2. The molecule has 32 heavy (non-hydrogen) atoms. The van der Waals surface area contributed by atoms with Crippen molar-refractivity contribution in [3.05, 3.63) is 47.8 Å². The Bertz CT molecular complexity index is 1120. The lowest BCUT2D eigenvalue weighted by atomic mass is 9.89. The second-order valence-electron chi connectivity index (χ2n) is 7.73. The molecule has 0 radical (unpaired) electrons. The lowest BCUT2D eigenvalue weighted by Gasteiger charge is -2.32. The van der Waals surface area contributed by atoms with E-state index in [-0.39, 0.29) is 29.3 Å². The van der Waals surface area contributed by atoms with Gasteiger partial charge in [0.2, 0.25) is 0 Å². The number of hydrogen-bond donors (Lipinski definition) is 5. The summed E-state index contributed by atoms with van der Waals surface area (Å²) in [6.45, 7) is 1.80. The summed E-state index contributed by atoms with van der Waals surface area (Å²) in [4.78, 5) is 21.9. The van der Waals surface area contributed by atoms with E-state index in [1.807, 2.05) is 0 Å². The minimum Gasteiger partial charge on any atom is -0.393 e. The van der Waals surface area contributed by atoms with Crippen LogP contribution >= 0.6 is 0 Å². The second-order valence-corrected chi connectivity index (χ2v) is 7.73. The molecule has 3 aromatic heterocycles. The van der Waals surface area contributed by atoms with Gasteiger partial charge in [-0.1, -0.05) is 0 Å². The lowest BCUT2D eigenvalue weighted by molar-refractivity contribution is 0.100. The first-order valence-corrected chi connectivity index (χ1v) is 10.1. The monoisotopic (exact) mass is 441 g/mol. The summed E-state index contributed by atoms with van der Waals surface area (Å²) in [5.41, 5.74) is 13.2. The third kappa shape index (κ3) is 4.50. The normalized spacial score (nSPS) is 20.7. The highest BCUT2D eigenvalue weighted by atomic mass is 19.1. The van der Waals surface area contributed by atoms with Crippen molar-refractivity contribution in [2.45, 2.75) is 44.4 Å². The minimum atomic E-state index is -0.843. The number of aryl methyl sites for hydroxylation is 1. The molecule has 12 heteroatoms. The van der Waals surface area contributed by atoms with Crippen LogP contribution in [0, 0.1) is 12.7 Å². The van der Waals surface area contributed by atoms with E-state index in [2.05, 4.69) is 30.8 Å². The maximum absolute atomic E-state index is 14.7. The summed E-state index contributed by atoms with van der Waals surface area (Å²) in [6.07, 6.45) is 5.66. The van der Waals surface area contributed by atoms with Crippen LogP contribution in [0.15, 0.2) is 30.7 Å². The van der Waals surface area contributed by atoms with Crippen molar-refractivity contribution in [2.24, 2.45) is 11.5 Å². The number of amides is 1. The van der Waals surface area contributed by atoms with E-state index in [0.29, 0.717) is 36.3 Å². The number of nitrogens with two attached hydrogens (primary N) is 2. The van der Waals surface area contributed by atoms with Crippen LogP contribution in [0.3, 0.4) is 0 Å². The molecule has 0 aliphatic heterocycles. The molecule has 3 atom stereocenters. The zero-order chi connectivity index (χ0) is 22.8. The molecular weight excluding hydrogens is 417 g/mol. The first-order chi connectivity index (χ1) is 15.3. The quantitative estimate of drug-likeness (QED) is 0.374. The first kappa shape index (κ1) is 21.6. The van der Waals surface area contributed by atoms with Crippen LogP contribution in [0.5, 0.6) is 0 Å². The Morgan fingerprint density at radius 3 is 2.72 bits per heavy atom. The molecule has 1 saturated carbocycles. The van der Waals surface area contributed by atoms with E-state index in [0.717, 1.165) is 6.07 Å². The molecule has 168 valence electrons. The zero-order valence-electron chi connectivity index (χ0n) is 17.4. The van der Waals surface area contributed by atoms with Crippen LogP contribution in [-0.2, 0) is 0 Å². The van der Waals surface area contributed by atoms with Crippen molar-refractivity contribution < 1.29 is 14.3 Å². The van der Waals surface area contributed by atoms with Gasteiger partial charge in [0.15, 0.2) is 11.6 Å². The van der Waals surface area contributed by atoms with Crippen LogP contribution < -0.4 is 22.1 Å². The standard InChI is InChI=1S/C20H24FN9O2/c1-10-17(30-25-4-5-26-30)6-11(9-24-10)27-19-13(18(23)32)8-14(21)20(29-19)28-16-7-12(31)2-3-15(16)22/h4-6,8-9,12,15-16,31H,2-3,7,22H2,1H3,(H2,23,32)(H2,27,28,29)/t12-,15-,16+/m0/s1. The summed E-state index contributed by atoms with van der Waals surface area (Å²) in [6, 6.07) is 2.10. The fourth-order valence-electron chi connectivity index (χ4n) is 3.66. The third-order valence-electron chi connectivity index (χ3n) is 5.40. The number of halogens is 1. The number of rotatable bonds is 6. The van der Waals surface area contributed by atoms with Crippen molar-refractivity contribution in [3.63, 3.8) is 0 Å². The van der Waals surface area contributed by atoms with Gasteiger partial charge < -0.3 is 27.2 Å². The summed E-state index contributed by atoms with van der Waals surface area (Å²) in [5, 5.41) is 24.1. The minimum absolute atomic E-state index is 0.0522. The van der Waals surface area contributed by atoms with Gasteiger partial charge in [-0.15, -0.1) is 4.80 Å². The van der Waals surface area contributed by atoms with Gasteiger partial charge in [0.25, 0.3) is 5.91 Å². The number of carbonyl (C=O) groups excluding carboxylic acids is 1. The molecule has 0 aromatic carbocycles. The zero-order valence-corrected chi connectivity index (χ0v) is 17.4. The summed E-state index contributed by atoms with van der Waals surface area (Å²) in [7, 11) is 0. The van der Waals surface area contributed by atoms with E-state index in [9.17, 15) is 14.3 Å². The summed E-state index contributed by atoms with van der Waals surface area (Å²) >= 11 is 0. The highest BCUT2D eigenvalue weighted by Gasteiger charge is 2.28. The van der Waals surface area contributed by atoms with Gasteiger partial charge >= 0.3 is 0 Å². The number of nitrogens with zero attached hydrogens (tertiary/aromatic N) is 5. The maximum atomic E-state index is 14.7. The van der Waals surface area contributed by atoms with Gasteiger partial charge in [-0.25, -0.2) is 9.37 Å². The largest absolute Gasteiger partial charge is 0.393 e. The number of anilines is 3. The third-order valence-corrected chi connectivity index (χ3v) is 5.40. The molecule has 1 aliphatic rings. The van der Waals surface area contributed by atoms with Crippen LogP contribution in [0.4, 0.5) is 21.7 Å². The summed E-state index contributed by atoms with van der Waals surface area (Å²) < 4.78 is 14.7. The van der Waals surface area contributed by atoms with E-state index in [1.54, 1.807) is 19.2 Å². The molecular formula is C20H24FN9O2. The Labute approximate surface area is 183 Å². The van der Waals surface area contributed by atoms with Crippen LogP contribution in [0.25, 0.3) is 5.69 Å². The van der Waals surface area contributed by atoms with E-state index in [4.69, 9.17) is 11.5 Å². The predicted molar refractivity (Wildman–Crippen MR) is 115 cm³/mol. The maximum Gasteiger partial charge on any atom is 0.252 e. The molecule has 1 amide bonds. The fraction of sp³-hybridized carbons (Fsp3) is 0.350. The molecule has 3 aromatic rings. The van der Waals surface area contributed by atoms with Crippen LogP contribution in [-0.4, -0.2) is 54.2 Å². The Balaban J connectivity index is 1.66. The van der Waals surface area contributed by atoms with Crippen LogP contribution in [0.2, 0.25) is 0 Å². The smallest absolute Gasteiger partial charge is 0.252 e. The number of hydrogen-bond acceptors (Lipinski definition) is 9. The molecule has 3 heterocycles. The van der Waals surface area contributed by atoms with Crippen molar-refractivity contribution in [1.29, 1.82) is 0 Å². The second kappa shape index (κ2) is 8.85. The average Bonchev–Trinajstić information content (AvgIpc) is 3.28. The number of pyridine rings is 2. The lowest BCUT2D eigenvalue weighted by Crippen LogP contribution is -2.46. The topological polar surface area (TPSA) is 170 Å². The molecule has 0 spiro atoms. The number of aliphatic hydroxyl groups excluding tert-OH is 1. The molecule has 0 unspecified atom stereocenters. The number of carbonyl (C=O) groups is 1. The molecule has 0 saturated heterocycles. The molecule has 11 nitrogen and oxygen atoms in total. The summed E-state index contributed by atoms with van der Waals surface area (Å²) in [5.74, 6) is -1.64. The first-order valence-electron chi connectivity index (χ1n) is 10.1. The SMILES string of the molecule is Cc1ncc(Nc2nc(N[C@@H]3C[C@@H](O)CC[C@@H]3N)c(F)cc2C(N)=O)cc1-n1nccn1. The number of aromatic nitrogens is 5. The van der Waals surface area contributed by atoms with E-state index in [1.165, 1.54) is 17.2 Å². The predicted octanol–water partition coefficient (Wildman–Crippen LogP) is 1.000. The van der Waals surface area contributed by atoms with Gasteiger partial charge in [-0.2, -0.15) is 10.2 Å². The van der Waals surface area contributed by atoms with E-state index < -0.39 is 17.8 Å². The molecule has 0 bridgehead atoms. The van der Waals surface area contributed by atoms with Gasteiger partial charge in [0.1, 0.15) is 11.5 Å². The van der Waals surface area contributed by atoms with Gasteiger partial charge in [-0.3, -0.25) is 9.78 Å². The Kier molecular flexibility index (Phi) is 5.97. The van der Waals surface area contributed by atoms with Crippen molar-refractivity contribution in [1.82, 2.24) is 25.0 Å². The average molecular weight is 441 g/mol. The molecule has 1 fully saturated rings. The Morgan fingerprint density at radius 2 is 2.00 bits per heavy atom. The fourth-order valence-corrected chi connectivity index (χ4v) is 3.66. The van der Waals surface area contributed by atoms with Gasteiger partial charge in [0, 0.05) is 12.1 Å². The highest BCUT2D eigenvalue weighted by Crippen LogP contribution is 2.27. The highest BCUT2D eigenvalue weighted by molar-refractivity contribution is 5.98. The number of aliphatic hydroxyl groups is 1. The van der Waals surface area contributed by atoms with Gasteiger partial charge in [0.05, 0.1) is 41.6 Å². The molecule has 7 N–H and O–H groups in total. The van der Waals surface area contributed by atoms with Crippen LogP contribution in [0.1, 0.15) is 35.3 Å². The van der Waals surface area contributed by atoms with Crippen molar-refractivity contribution in [2.75, 3.05) is 10.6 Å². The molecule has 4 rings (SSSR count).